The van der Waals surface area contributed by atoms with E-state index in [4.69, 9.17) is 0 Å². The van der Waals surface area contributed by atoms with Gasteiger partial charge in [-0.25, -0.2) is 0 Å². The van der Waals surface area contributed by atoms with Crippen LogP contribution in [0.25, 0.3) is 0 Å². The third-order valence-electron chi connectivity index (χ3n) is 0.866. The first kappa shape index (κ1) is 32.7. The molecule has 17 heavy (non-hydrogen) atoms. The van der Waals surface area contributed by atoms with Gasteiger partial charge in [-0.05, 0) is 0 Å². The van der Waals surface area contributed by atoms with E-state index in [9.17, 15) is 0 Å². The SMILES string of the molecule is [Bi+3].[Bi+3].[S-]CCC[S-].[S-]CCC[S-].[S-]CCC[S-]. The second kappa shape index (κ2) is 42.7. The fraction of sp³-hybridized carbons (Fsp3) is 1.00. The van der Waals surface area contributed by atoms with Crippen molar-refractivity contribution in [3.05, 3.63) is 0 Å². The molecule has 0 nitrogen and oxygen atoms in total. The van der Waals surface area contributed by atoms with E-state index >= 15 is 0 Å². The first-order valence-electron chi connectivity index (χ1n) is 4.73. The molecule has 0 unspecified atom stereocenters. The summed E-state index contributed by atoms with van der Waals surface area (Å²) in [6, 6.07) is 0. The van der Waals surface area contributed by atoms with Gasteiger partial charge in [0.15, 0.2) is 0 Å². The smallest absolute Gasteiger partial charge is 0.793 e. The molecule has 0 aromatic heterocycles. The van der Waals surface area contributed by atoms with E-state index in [1.807, 2.05) is 0 Å². The molecule has 0 aromatic carbocycles. The Kier molecular flexibility index (Phi) is 82.2. The Morgan fingerprint density at radius 2 is 0.471 bits per heavy atom. The summed E-state index contributed by atoms with van der Waals surface area (Å²) in [5, 5.41) is 0. The summed E-state index contributed by atoms with van der Waals surface area (Å²) < 4.78 is 0. The standard InChI is InChI=1S/3C3H8S2.2Bi/c3*4-2-1-3-5;;/h3*4-5H,1-3H2;;/q;;;2*+3/p-6. The van der Waals surface area contributed by atoms with Gasteiger partial charge in [0.05, 0.1) is 0 Å². The van der Waals surface area contributed by atoms with E-state index < -0.39 is 0 Å². The Labute approximate surface area is 179 Å². The van der Waals surface area contributed by atoms with Gasteiger partial charge in [0.2, 0.25) is 0 Å². The van der Waals surface area contributed by atoms with Crippen molar-refractivity contribution in [2.24, 2.45) is 0 Å². The Morgan fingerprint density at radius 1 is 0.353 bits per heavy atom. The van der Waals surface area contributed by atoms with Crippen molar-refractivity contribution < 1.29 is 0 Å². The summed E-state index contributed by atoms with van der Waals surface area (Å²) in [6.07, 6.45) is 3.06. The van der Waals surface area contributed by atoms with E-state index in [0.717, 1.165) is 53.8 Å². The van der Waals surface area contributed by atoms with E-state index in [1.54, 1.807) is 0 Å². The second-order valence-electron chi connectivity index (χ2n) is 2.29. The van der Waals surface area contributed by atoms with Crippen LogP contribution in [0, 0.1) is 0 Å². The summed E-state index contributed by atoms with van der Waals surface area (Å²) in [5.74, 6) is 4.94. The van der Waals surface area contributed by atoms with Gasteiger partial charge < -0.3 is 75.8 Å². The van der Waals surface area contributed by atoms with E-state index in [0.29, 0.717) is 0 Å². The van der Waals surface area contributed by atoms with Crippen LogP contribution in [0.4, 0.5) is 0 Å². The Hall–Kier alpha value is 3.87. The average Bonchev–Trinajstić information content (AvgIpc) is 2.23. The largest absolute Gasteiger partial charge is 3.00 e. The van der Waals surface area contributed by atoms with Crippen LogP contribution < -0.4 is 0 Å². The summed E-state index contributed by atoms with van der Waals surface area (Å²) >= 11 is 27.5. The summed E-state index contributed by atoms with van der Waals surface area (Å²) in [7, 11) is 0. The van der Waals surface area contributed by atoms with Crippen LogP contribution in [0.2, 0.25) is 0 Å². The van der Waals surface area contributed by atoms with Gasteiger partial charge in [-0.3, -0.25) is 0 Å². The van der Waals surface area contributed by atoms with Crippen molar-refractivity contribution in [2.45, 2.75) is 19.3 Å². The van der Waals surface area contributed by atoms with Crippen molar-refractivity contribution >= 4 is 128 Å². The van der Waals surface area contributed by atoms with Crippen LogP contribution in [0.1, 0.15) is 19.3 Å². The van der Waals surface area contributed by atoms with Crippen LogP contribution in [-0.2, 0) is 75.8 Å². The zero-order valence-electron chi connectivity index (χ0n) is 9.71. The van der Waals surface area contributed by atoms with Crippen LogP contribution in [0.15, 0.2) is 0 Å². The molecule has 0 N–H and O–H groups in total. The molecule has 0 heterocycles. The van der Waals surface area contributed by atoms with Crippen LogP contribution in [0.5, 0.6) is 0 Å². The first-order chi connectivity index (χ1) is 7.24. The zero-order valence-corrected chi connectivity index (χ0v) is 21.6. The van der Waals surface area contributed by atoms with Crippen molar-refractivity contribution in [1.29, 1.82) is 0 Å². The van der Waals surface area contributed by atoms with Gasteiger partial charge in [-0.2, -0.15) is 34.5 Å². The minimum absolute atomic E-state index is 0. The Balaban J connectivity index is -0.0000000400. The fourth-order valence-electron chi connectivity index (χ4n) is 0.177. The quantitative estimate of drug-likeness (QED) is 0.289. The second-order valence-corrected chi connectivity index (χ2v) is 4.73. The van der Waals surface area contributed by atoms with Gasteiger partial charge in [-0.15, -0.1) is 0 Å². The molecular weight excluding hydrogens is 718 g/mol. The molecule has 0 aliphatic heterocycles. The van der Waals surface area contributed by atoms with E-state index in [-0.39, 0.29) is 52.4 Å². The molecule has 0 aromatic rings. The van der Waals surface area contributed by atoms with Gasteiger partial charge in [0.25, 0.3) is 0 Å². The number of hydrogen-bond acceptors (Lipinski definition) is 6. The fourth-order valence-corrected chi connectivity index (χ4v) is 1.59. The summed E-state index contributed by atoms with van der Waals surface area (Å²) in [5.41, 5.74) is 0. The third kappa shape index (κ3) is 65.1. The molecule has 0 saturated heterocycles. The minimum Gasteiger partial charge on any atom is -0.793 e. The van der Waals surface area contributed by atoms with Crippen LogP contribution >= 0.6 is 0 Å². The average molecular weight is 737 g/mol. The maximum Gasteiger partial charge on any atom is 3.00 e. The molecule has 0 aliphatic rings. The van der Waals surface area contributed by atoms with Gasteiger partial charge in [0, 0.05) is 0 Å². The first-order valence-corrected chi connectivity index (χ1v) is 8.20. The van der Waals surface area contributed by atoms with Crippen LogP contribution in [0.3, 0.4) is 0 Å². The molecule has 0 bridgehead atoms. The van der Waals surface area contributed by atoms with Gasteiger partial charge in [-0.1, -0.05) is 19.3 Å². The molecule has 0 spiro atoms. The molecule has 0 aliphatic carbocycles. The molecule has 4 radical (unpaired) electrons. The Morgan fingerprint density at radius 3 is 0.471 bits per heavy atom. The normalized spacial score (nSPS) is 7.41. The maximum atomic E-state index is 4.58. The monoisotopic (exact) mass is 736 g/mol. The van der Waals surface area contributed by atoms with Crippen molar-refractivity contribution in [3.8, 4) is 0 Å². The van der Waals surface area contributed by atoms with Crippen molar-refractivity contribution in [1.82, 2.24) is 0 Å². The Bertz CT molecular complexity index is 60.2. The maximum absolute atomic E-state index is 4.58. The topological polar surface area (TPSA) is 0 Å². The van der Waals surface area contributed by atoms with Gasteiger partial charge >= 0.3 is 52.4 Å². The van der Waals surface area contributed by atoms with E-state index in [1.165, 1.54) is 0 Å². The molecule has 100 valence electrons. The number of hydrogen-bond donors (Lipinski definition) is 0. The predicted octanol–water partition coefficient (Wildman–Crippen LogP) is 0.649. The van der Waals surface area contributed by atoms with Crippen molar-refractivity contribution in [2.75, 3.05) is 34.5 Å². The molecule has 0 saturated carbocycles. The summed E-state index contributed by atoms with van der Waals surface area (Å²) in [4.78, 5) is 0. The predicted molar refractivity (Wildman–Crippen MR) is 98.8 cm³/mol. The third-order valence-corrected chi connectivity index (χ3v) is 2.60. The molecule has 0 atom stereocenters. The number of rotatable bonds is 6. The molecule has 0 rings (SSSR count). The minimum atomic E-state index is 0. The van der Waals surface area contributed by atoms with Crippen molar-refractivity contribution in [3.63, 3.8) is 0 Å². The van der Waals surface area contributed by atoms with Gasteiger partial charge in [0.1, 0.15) is 0 Å². The molecular formula is C9H18Bi2S6. The molecule has 0 amide bonds. The molecule has 0 fully saturated rings. The molecule has 8 heteroatoms. The van der Waals surface area contributed by atoms with Crippen LogP contribution in [-0.4, -0.2) is 86.9 Å². The summed E-state index contributed by atoms with van der Waals surface area (Å²) in [6.45, 7) is 0. The zero-order chi connectivity index (χ0) is 12.4. The van der Waals surface area contributed by atoms with E-state index in [2.05, 4.69) is 75.8 Å².